The van der Waals surface area contributed by atoms with Crippen molar-refractivity contribution in [2.75, 3.05) is 14.1 Å². The van der Waals surface area contributed by atoms with Gasteiger partial charge in [-0.1, -0.05) is 23.9 Å². The smallest absolute Gasteiger partial charge is 0.253 e. The molecule has 124 valence electrons. The van der Waals surface area contributed by atoms with Crippen LogP contribution in [0.5, 0.6) is 0 Å². The fraction of sp³-hybridized carbons (Fsp3) is 0.235. The van der Waals surface area contributed by atoms with Crippen molar-refractivity contribution in [2.45, 2.75) is 10.9 Å². The Morgan fingerprint density at radius 3 is 2.79 bits per heavy atom. The van der Waals surface area contributed by atoms with Gasteiger partial charge in [-0.25, -0.2) is 0 Å². The molecule has 2 aromatic heterocycles. The molecule has 0 bridgehead atoms. The van der Waals surface area contributed by atoms with Crippen LogP contribution in [-0.2, 0) is 12.8 Å². The fourth-order valence-corrected chi connectivity index (χ4v) is 3.12. The van der Waals surface area contributed by atoms with Crippen LogP contribution in [0, 0.1) is 0 Å². The van der Waals surface area contributed by atoms with Crippen molar-refractivity contribution < 1.29 is 9.21 Å². The zero-order valence-corrected chi connectivity index (χ0v) is 14.6. The highest BCUT2D eigenvalue weighted by atomic mass is 32.2. The molecule has 0 aliphatic rings. The van der Waals surface area contributed by atoms with Crippen LogP contribution >= 0.6 is 11.8 Å². The lowest BCUT2D eigenvalue weighted by molar-refractivity contribution is 0.0827. The predicted octanol–water partition coefficient (Wildman–Crippen LogP) is 3.07. The van der Waals surface area contributed by atoms with E-state index in [1.165, 1.54) is 0 Å². The van der Waals surface area contributed by atoms with Gasteiger partial charge >= 0.3 is 0 Å². The predicted molar refractivity (Wildman–Crippen MR) is 92.7 cm³/mol. The molecular formula is C17H18N4O2S. The fourth-order valence-electron chi connectivity index (χ4n) is 2.26. The van der Waals surface area contributed by atoms with Crippen molar-refractivity contribution >= 4 is 17.7 Å². The molecule has 3 aromatic rings. The second-order valence-corrected chi connectivity index (χ2v) is 6.47. The normalized spacial score (nSPS) is 10.8. The van der Waals surface area contributed by atoms with Crippen LogP contribution in [0.25, 0.3) is 11.6 Å². The number of carbonyl (C=O) groups excluding carboxylic acids is 1. The summed E-state index contributed by atoms with van der Waals surface area (Å²) in [7, 11) is 5.41. The van der Waals surface area contributed by atoms with Gasteiger partial charge < -0.3 is 13.9 Å². The highest BCUT2D eigenvalue weighted by Gasteiger charge is 2.14. The maximum Gasteiger partial charge on any atom is 0.253 e. The number of carbonyl (C=O) groups is 1. The van der Waals surface area contributed by atoms with Gasteiger partial charge in [-0.15, -0.1) is 10.2 Å². The molecule has 0 atom stereocenters. The summed E-state index contributed by atoms with van der Waals surface area (Å²) in [5.41, 5.74) is 1.75. The number of nitrogens with zero attached hydrogens (tertiary/aromatic N) is 4. The first-order valence-corrected chi connectivity index (χ1v) is 8.41. The van der Waals surface area contributed by atoms with Crippen molar-refractivity contribution in [1.29, 1.82) is 0 Å². The van der Waals surface area contributed by atoms with Gasteiger partial charge in [-0.05, 0) is 29.8 Å². The summed E-state index contributed by atoms with van der Waals surface area (Å²) in [6.07, 6.45) is 1.62. The Labute approximate surface area is 144 Å². The van der Waals surface area contributed by atoms with E-state index in [0.29, 0.717) is 22.9 Å². The molecule has 7 heteroatoms. The van der Waals surface area contributed by atoms with E-state index in [9.17, 15) is 4.79 Å². The van der Waals surface area contributed by atoms with E-state index in [1.807, 2.05) is 48.0 Å². The molecule has 1 amide bonds. The highest BCUT2D eigenvalue weighted by Crippen LogP contribution is 2.25. The van der Waals surface area contributed by atoms with Gasteiger partial charge in [-0.2, -0.15) is 0 Å². The summed E-state index contributed by atoms with van der Waals surface area (Å²) in [6, 6.07) is 11.3. The SMILES string of the molecule is CN(C)C(=O)c1cccc(CSc2nnc(-c3ccco3)n2C)c1. The van der Waals surface area contributed by atoms with Gasteiger partial charge in [0.25, 0.3) is 5.91 Å². The summed E-state index contributed by atoms with van der Waals surface area (Å²) in [6.45, 7) is 0. The molecule has 0 aliphatic heterocycles. The molecule has 0 saturated carbocycles. The van der Waals surface area contributed by atoms with Gasteiger partial charge in [0.05, 0.1) is 6.26 Å². The Kier molecular flexibility index (Phi) is 4.71. The average molecular weight is 342 g/mol. The summed E-state index contributed by atoms with van der Waals surface area (Å²) >= 11 is 1.57. The number of furan rings is 1. The molecule has 24 heavy (non-hydrogen) atoms. The molecular weight excluding hydrogens is 324 g/mol. The Morgan fingerprint density at radius 1 is 1.25 bits per heavy atom. The van der Waals surface area contributed by atoms with Crippen LogP contribution in [0.1, 0.15) is 15.9 Å². The second kappa shape index (κ2) is 6.92. The molecule has 0 unspecified atom stereocenters. The van der Waals surface area contributed by atoms with Crippen molar-refractivity contribution in [3.05, 3.63) is 53.8 Å². The van der Waals surface area contributed by atoms with Crippen LogP contribution in [0.3, 0.4) is 0 Å². The molecule has 0 saturated heterocycles. The molecule has 6 nitrogen and oxygen atoms in total. The summed E-state index contributed by atoms with van der Waals surface area (Å²) in [5.74, 6) is 2.09. The third kappa shape index (κ3) is 3.35. The Morgan fingerprint density at radius 2 is 2.08 bits per heavy atom. The first-order chi connectivity index (χ1) is 11.6. The molecule has 0 radical (unpaired) electrons. The Balaban J connectivity index is 1.73. The number of rotatable bonds is 5. The first kappa shape index (κ1) is 16.3. The van der Waals surface area contributed by atoms with Gasteiger partial charge in [-0.3, -0.25) is 4.79 Å². The van der Waals surface area contributed by atoms with Crippen molar-refractivity contribution in [1.82, 2.24) is 19.7 Å². The molecule has 2 heterocycles. The number of hydrogen-bond donors (Lipinski definition) is 0. The van der Waals surface area contributed by atoms with E-state index in [0.717, 1.165) is 10.7 Å². The van der Waals surface area contributed by atoms with Crippen LogP contribution in [-0.4, -0.2) is 39.7 Å². The quantitative estimate of drug-likeness (QED) is 0.667. The number of amides is 1. The van der Waals surface area contributed by atoms with E-state index < -0.39 is 0 Å². The summed E-state index contributed by atoms with van der Waals surface area (Å²) in [4.78, 5) is 13.6. The van der Waals surface area contributed by atoms with Gasteiger partial charge in [0.1, 0.15) is 0 Å². The second-order valence-electron chi connectivity index (χ2n) is 5.53. The number of hydrogen-bond acceptors (Lipinski definition) is 5. The largest absolute Gasteiger partial charge is 0.461 e. The van der Waals surface area contributed by atoms with Gasteiger partial charge in [0.15, 0.2) is 16.7 Å². The minimum atomic E-state index is 0.000568. The third-order valence-corrected chi connectivity index (χ3v) is 4.62. The summed E-state index contributed by atoms with van der Waals surface area (Å²) < 4.78 is 7.27. The highest BCUT2D eigenvalue weighted by molar-refractivity contribution is 7.98. The minimum Gasteiger partial charge on any atom is -0.461 e. The van der Waals surface area contributed by atoms with E-state index >= 15 is 0 Å². The van der Waals surface area contributed by atoms with Gasteiger partial charge in [0.2, 0.25) is 0 Å². The van der Waals surface area contributed by atoms with Crippen molar-refractivity contribution in [3.8, 4) is 11.6 Å². The molecule has 0 fully saturated rings. The zero-order chi connectivity index (χ0) is 17.1. The standard InChI is InChI=1S/C17H18N4O2S/c1-20(2)16(22)13-7-4-6-12(10-13)11-24-17-19-18-15(21(17)3)14-8-5-9-23-14/h4-10H,11H2,1-3H3. The van der Waals surface area contributed by atoms with Crippen molar-refractivity contribution in [2.24, 2.45) is 7.05 Å². The molecule has 0 aliphatic carbocycles. The minimum absolute atomic E-state index is 0.000568. The maximum absolute atomic E-state index is 12.0. The topological polar surface area (TPSA) is 64.2 Å². The first-order valence-electron chi connectivity index (χ1n) is 7.43. The van der Waals surface area contributed by atoms with E-state index in [-0.39, 0.29) is 5.91 Å². The monoisotopic (exact) mass is 342 g/mol. The number of aromatic nitrogens is 3. The van der Waals surface area contributed by atoms with E-state index in [1.54, 1.807) is 37.0 Å². The lowest BCUT2D eigenvalue weighted by Crippen LogP contribution is -2.21. The lowest BCUT2D eigenvalue weighted by Gasteiger charge is -2.11. The lowest BCUT2D eigenvalue weighted by atomic mass is 10.1. The van der Waals surface area contributed by atoms with Crippen LogP contribution < -0.4 is 0 Å². The van der Waals surface area contributed by atoms with E-state index in [4.69, 9.17) is 4.42 Å². The van der Waals surface area contributed by atoms with Crippen molar-refractivity contribution in [3.63, 3.8) is 0 Å². The van der Waals surface area contributed by atoms with E-state index in [2.05, 4.69) is 10.2 Å². The van der Waals surface area contributed by atoms with Crippen LogP contribution in [0.4, 0.5) is 0 Å². The summed E-state index contributed by atoms with van der Waals surface area (Å²) in [5, 5.41) is 9.19. The Hall–Kier alpha value is -2.54. The van der Waals surface area contributed by atoms with Gasteiger partial charge in [0, 0.05) is 32.5 Å². The zero-order valence-electron chi connectivity index (χ0n) is 13.8. The maximum atomic E-state index is 12.0. The van der Waals surface area contributed by atoms with Crippen LogP contribution in [0.2, 0.25) is 0 Å². The third-order valence-electron chi connectivity index (χ3n) is 3.52. The molecule has 1 aromatic carbocycles. The average Bonchev–Trinajstić information content (AvgIpc) is 3.22. The number of benzene rings is 1. The molecule has 0 N–H and O–H groups in total. The number of thioether (sulfide) groups is 1. The Bertz CT molecular complexity index is 840. The molecule has 0 spiro atoms. The van der Waals surface area contributed by atoms with Crippen LogP contribution in [0.15, 0.2) is 52.2 Å². The molecule has 3 rings (SSSR count).